The van der Waals surface area contributed by atoms with Crippen LogP contribution in [0.4, 0.5) is 0 Å². The lowest BCUT2D eigenvalue weighted by Gasteiger charge is -2.08. The van der Waals surface area contributed by atoms with E-state index in [1.807, 2.05) is 13.8 Å². The molecule has 0 aromatic carbocycles. The summed E-state index contributed by atoms with van der Waals surface area (Å²) in [5, 5.41) is 8.62. The van der Waals surface area contributed by atoms with E-state index in [1.165, 1.54) is 6.07 Å². The van der Waals surface area contributed by atoms with E-state index < -0.39 is 5.97 Å². The van der Waals surface area contributed by atoms with Crippen LogP contribution in [-0.2, 0) is 4.74 Å². The molecule has 1 N–H and O–H groups in total. The molecule has 0 radical (unpaired) electrons. The molecule has 0 saturated heterocycles. The van der Waals surface area contributed by atoms with Gasteiger partial charge in [0.05, 0.1) is 0 Å². The Balaban J connectivity index is 2.61. The second kappa shape index (κ2) is 4.81. The van der Waals surface area contributed by atoms with Gasteiger partial charge in [-0.1, -0.05) is 6.92 Å². The first-order chi connectivity index (χ1) is 6.65. The number of carbonyl (C=O) groups is 1. The third kappa shape index (κ3) is 2.60. The van der Waals surface area contributed by atoms with Crippen molar-refractivity contribution in [1.29, 1.82) is 0 Å². The Bertz CT molecular complexity index is 303. The first-order valence-corrected chi connectivity index (χ1v) is 4.59. The molecule has 0 saturated carbocycles. The highest BCUT2D eigenvalue weighted by atomic mass is 16.5. The van der Waals surface area contributed by atoms with Gasteiger partial charge in [-0.15, -0.1) is 0 Å². The minimum Gasteiger partial charge on any atom is -0.475 e. The normalized spacial score (nSPS) is 12.7. The molecule has 0 bridgehead atoms. The molecule has 1 aromatic rings. The van der Waals surface area contributed by atoms with Crippen LogP contribution in [0.3, 0.4) is 0 Å². The van der Waals surface area contributed by atoms with Crippen LogP contribution in [0.5, 0.6) is 0 Å². The molecule has 1 unspecified atom stereocenters. The van der Waals surface area contributed by atoms with Crippen LogP contribution in [0.1, 0.15) is 42.7 Å². The summed E-state index contributed by atoms with van der Waals surface area (Å²) >= 11 is 0. The summed E-state index contributed by atoms with van der Waals surface area (Å²) in [4.78, 5) is 10.5. The van der Waals surface area contributed by atoms with E-state index in [-0.39, 0.29) is 11.9 Å². The summed E-state index contributed by atoms with van der Waals surface area (Å²) in [6.45, 7) is 4.49. The smallest absolute Gasteiger partial charge is 0.371 e. The second-order valence-corrected chi connectivity index (χ2v) is 3.02. The number of hydrogen-bond donors (Lipinski definition) is 1. The number of furan rings is 1. The van der Waals surface area contributed by atoms with Crippen LogP contribution in [0, 0.1) is 0 Å². The Morgan fingerprint density at radius 2 is 2.36 bits per heavy atom. The maximum absolute atomic E-state index is 10.5. The second-order valence-electron chi connectivity index (χ2n) is 3.02. The molecule has 4 nitrogen and oxygen atoms in total. The standard InChI is InChI=1S/C10H14O4/c1-3-6-13-7(2)8-4-5-9(14-8)10(11)12/h4-5,7H,3,6H2,1-2H3,(H,11,12). The van der Waals surface area contributed by atoms with Gasteiger partial charge in [-0.05, 0) is 25.5 Å². The maximum Gasteiger partial charge on any atom is 0.371 e. The summed E-state index contributed by atoms with van der Waals surface area (Å²) in [5.41, 5.74) is 0. The lowest BCUT2D eigenvalue weighted by Crippen LogP contribution is -1.99. The van der Waals surface area contributed by atoms with Gasteiger partial charge in [-0.25, -0.2) is 4.79 Å². The molecule has 0 amide bonds. The fourth-order valence-corrected chi connectivity index (χ4v) is 1.06. The Labute approximate surface area is 82.5 Å². The van der Waals surface area contributed by atoms with Crippen molar-refractivity contribution in [3.63, 3.8) is 0 Å². The predicted octanol–water partition coefficient (Wildman–Crippen LogP) is 2.47. The van der Waals surface area contributed by atoms with Gasteiger partial charge < -0.3 is 14.3 Å². The van der Waals surface area contributed by atoms with Crippen molar-refractivity contribution in [2.24, 2.45) is 0 Å². The largest absolute Gasteiger partial charge is 0.475 e. The quantitative estimate of drug-likeness (QED) is 0.789. The van der Waals surface area contributed by atoms with Gasteiger partial charge >= 0.3 is 5.97 Å². The van der Waals surface area contributed by atoms with E-state index in [0.717, 1.165) is 6.42 Å². The molecule has 0 aliphatic heterocycles. The summed E-state index contributed by atoms with van der Waals surface area (Å²) in [5.74, 6) is -0.554. The number of carboxylic acids is 1. The zero-order chi connectivity index (χ0) is 10.6. The van der Waals surface area contributed by atoms with Gasteiger partial charge in [0.25, 0.3) is 0 Å². The summed E-state index contributed by atoms with van der Waals surface area (Å²) in [6, 6.07) is 3.06. The van der Waals surface area contributed by atoms with Crippen molar-refractivity contribution < 1.29 is 19.1 Å². The molecule has 14 heavy (non-hydrogen) atoms. The highest BCUT2D eigenvalue weighted by Crippen LogP contribution is 2.19. The molecule has 78 valence electrons. The number of ether oxygens (including phenoxy) is 1. The Hall–Kier alpha value is -1.29. The number of aromatic carboxylic acids is 1. The molecule has 0 spiro atoms. The van der Waals surface area contributed by atoms with Crippen molar-refractivity contribution in [2.75, 3.05) is 6.61 Å². The Morgan fingerprint density at radius 1 is 1.64 bits per heavy atom. The molecular weight excluding hydrogens is 184 g/mol. The lowest BCUT2D eigenvalue weighted by atomic mass is 10.3. The third-order valence-corrected chi connectivity index (χ3v) is 1.81. The number of rotatable bonds is 5. The van der Waals surface area contributed by atoms with E-state index in [0.29, 0.717) is 12.4 Å². The van der Waals surface area contributed by atoms with Crippen molar-refractivity contribution >= 4 is 5.97 Å². The summed E-state index contributed by atoms with van der Waals surface area (Å²) in [7, 11) is 0. The maximum atomic E-state index is 10.5. The number of hydrogen-bond acceptors (Lipinski definition) is 3. The van der Waals surface area contributed by atoms with E-state index in [1.54, 1.807) is 6.07 Å². The lowest BCUT2D eigenvalue weighted by molar-refractivity contribution is 0.0476. The molecule has 0 fully saturated rings. The van der Waals surface area contributed by atoms with Gasteiger partial charge in [0, 0.05) is 6.61 Å². The highest BCUT2D eigenvalue weighted by Gasteiger charge is 2.13. The summed E-state index contributed by atoms with van der Waals surface area (Å²) < 4.78 is 10.5. The van der Waals surface area contributed by atoms with Crippen molar-refractivity contribution in [3.05, 3.63) is 23.7 Å². The zero-order valence-electron chi connectivity index (χ0n) is 8.32. The van der Waals surface area contributed by atoms with Gasteiger partial charge in [-0.2, -0.15) is 0 Å². The predicted molar refractivity (Wildman–Crippen MR) is 50.3 cm³/mol. The average Bonchev–Trinajstić information content (AvgIpc) is 2.62. The van der Waals surface area contributed by atoms with E-state index in [9.17, 15) is 4.79 Å². The fraction of sp³-hybridized carbons (Fsp3) is 0.500. The third-order valence-electron chi connectivity index (χ3n) is 1.81. The van der Waals surface area contributed by atoms with Crippen molar-refractivity contribution in [2.45, 2.75) is 26.4 Å². The van der Waals surface area contributed by atoms with E-state index >= 15 is 0 Å². The average molecular weight is 198 g/mol. The van der Waals surface area contributed by atoms with Crippen LogP contribution in [-0.4, -0.2) is 17.7 Å². The van der Waals surface area contributed by atoms with Gasteiger partial charge in [0.15, 0.2) is 0 Å². The molecule has 0 aliphatic rings. The zero-order valence-corrected chi connectivity index (χ0v) is 8.32. The van der Waals surface area contributed by atoms with Crippen LogP contribution in [0.2, 0.25) is 0 Å². The Morgan fingerprint density at radius 3 is 2.86 bits per heavy atom. The monoisotopic (exact) mass is 198 g/mol. The van der Waals surface area contributed by atoms with Gasteiger partial charge in [-0.3, -0.25) is 0 Å². The molecular formula is C10H14O4. The van der Waals surface area contributed by atoms with Crippen LogP contribution >= 0.6 is 0 Å². The fourth-order valence-electron chi connectivity index (χ4n) is 1.06. The van der Waals surface area contributed by atoms with Crippen molar-refractivity contribution in [3.8, 4) is 0 Å². The summed E-state index contributed by atoms with van der Waals surface area (Å²) in [6.07, 6.45) is 0.736. The minimum atomic E-state index is -1.06. The first-order valence-electron chi connectivity index (χ1n) is 4.59. The molecule has 1 heterocycles. The van der Waals surface area contributed by atoms with Crippen LogP contribution in [0.15, 0.2) is 16.5 Å². The molecule has 0 aliphatic carbocycles. The Kier molecular flexibility index (Phi) is 3.71. The highest BCUT2D eigenvalue weighted by molar-refractivity contribution is 5.84. The molecule has 4 heteroatoms. The topological polar surface area (TPSA) is 59.7 Å². The molecule has 1 aromatic heterocycles. The molecule has 1 rings (SSSR count). The minimum absolute atomic E-state index is 0.0491. The molecule has 1 atom stereocenters. The van der Waals surface area contributed by atoms with E-state index in [4.69, 9.17) is 14.3 Å². The van der Waals surface area contributed by atoms with E-state index in [2.05, 4.69) is 0 Å². The van der Waals surface area contributed by atoms with Crippen LogP contribution < -0.4 is 0 Å². The number of carboxylic acid groups (broad SMARTS) is 1. The van der Waals surface area contributed by atoms with Gasteiger partial charge in [0.1, 0.15) is 11.9 Å². The SMILES string of the molecule is CCCOC(C)c1ccc(C(=O)O)o1. The van der Waals surface area contributed by atoms with Crippen molar-refractivity contribution in [1.82, 2.24) is 0 Å². The van der Waals surface area contributed by atoms with Crippen LogP contribution in [0.25, 0.3) is 0 Å². The van der Waals surface area contributed by atoms with Gasteiger partial charge in [0.2, 0.25) is 5.76 Å². The first kappa shape index (κ1) is 10.8.